The van der Waals surface area contributed by atoms with Gasteiger partial charge in [-0.1, -0.05) is 12.1 Å². The van der Waals surface area contributed by atoms with Crippen molar-refractivity contribution < 1.29 is 0 Å². The molecule has 0 fully saturated rings. The number of hydrogen-bond acceptors (Lipinski definition) is 4. The zero-order valence-electron chi connectivity index (χ0n) is 12.4. The minimum Gasteiger partial charge on any atom is -0.245 e. The summed E-state index contributed by atoms with van der Waals surface area (Å²) >= 11 is 1.58. The van der Waals surface area contributed by atoms with Gasteiger partial charge in [0, 0.05) is 11.4 Å². The Morgan fingerprint density at radius 1 is 1.23 bits per heavy atom. The van der Waals surface area contributed by atoms with E-state index in [1.807, 2.05) is 25.1 Å². The molecular formula is C18H15N3S. The van der Waals surface area contributed by atoms with Crippen molar-refractivity contribution >= 4 is 11.8 Å². The summed E-state index contributed by atoms with van der Waals surface area (Å²) in [5.74, 6) is 0.718. The fourth-order valence-corrected chi connectivity index (χ4v) is 3.86. The summed E-state index contributed by atoms with van der Waals surface area (Å²) in [5.41, 5.74) is 5.97. The third-order valence-corrected chi connectivity index (χ3v) is 5.06. The van der Waals surface area contributed by atoms with E-state index in [9.17, 15) is 5.26 Å². The van der Waals surface area contributed by atoms with Crippen LogP contribution in [0.2, 0.25) is 0 Å². The Morgan fingerprint density at radius 3 is 2.86 bits per heavy atom. The number of nitriles is 2. The van der Waals surface area contributed by atoms with Crippen molar-refractivity contribution in [3.8, 4) is 12.1 Å². The van der Waals surface area contributed by atoms with Crippen LogP contribution in [0.25, 0.3) is 0 Å². The van der Waals surface area contributed by atoms with E-state index in [-0.39, 0.29) is 0 Å². The molecule has 0 saturated heterocycles. The lowest BCUT2D eigenvalue weighted by molar-refractivity contribution is 0.891. The summed E-state index contributed by atoms with van der Waals surface area (Å²) in [6.45, 7) is 2.03. The van der Waals surface area contributed by atoms with Crippen molar-refractivity contribution in [3.05, 3.63) is 57.8 Å². The van der Waals surface area contributed by atoms with Gasteiger partial charge in [-0.15, -0.1) is 11.8 Å². The molecular weight excluding hydrogens is 290 g/mol. The molecule has 1 aromatic heterocycles. The van der Waals surface area contributed by atoms with Crippen molar-refractivity contribution in [2.45, 2.75) is 37.0 Å². The Hall–Kier alpha value is -2.30. The molecule has 3 nitrogen and oxygen atoms in total. The highest BCUT2D eigenvalue weighted by atomic mass is 32.2. The molecule has 0 atom stereocenters. The van der Waals surface area contributed by atoms with Crippen LogP contribution in [0, 0.1) is 29.6 Å². The van der Waals surface area contributed by atoms with Gasteiger partial charge in [-0.2, -0.15) is 10.5 Å². The molecule has 2 aromatic rings. The lowest BCUT2D eigenvalue weighted by atomic mass is 10.0. The molecule has 0 amide bonds. The number of pyridine rings is 1. The molecule has 0 N–H and O–H groups in total. The van der Waals surface area contributed by atoms with Crippen LogP contribution in [0.4, 0.5) is 0 Å². The third-order valence-electron chi connectivity index (χ3n) is 4.01. The average molecular weight is 305 g/mol. The summed E-state index contributed by atoms with van der Waals surface area (Å²) in [5, 5.41) is 19.2. The predicted octanol–water partition coefficient (Wildman–Crippen LogP) is 3.91. The average Bonchev–Trinajstić information content (AvgIpc) is 3.02. The molecule has 0 radical (unpaired) electrons. The van der Waals surface area contributed by atoms with Gasteiger partial charge < -0.3 is 0 Å². The Bertz CT molecular complexity index is 812. The fourth-order valence-electron chi connectivity index (χ4n) is 2.86. The van der Waals surface area contributed by atoms with Crippen molar-refractivity contribution in [1.29, 1.82) is 10.5 Å². The van der Waals surface area contributed by atoms with Crippen LogP contribution in [0.1, 0.15) is 39.9 Å². The first-order chi connectivity index (χ1) is 10.7. The van der Waals surface area contributed by atoms with E-state index >= 15 is 0 Å². The Balaban J connectivity index is 1.88. The minimum absolute atomic E-state index is 0.664. The predicted molar refractivity (Wildman–Crippen MR) is 86.4 cm³/mol. The third kappa shape index (κ3) is 2.71. The highest BCUT2D eigenvalue weighted by Crippen LogP contribution is 2.33. The topological polar surface area (TPSA) is 60.5 Å². The molecule has 0 spiro atoms. The summed E-state index contributed by atoms with van der Waals surface area (Å²) < 4.78 is 0. The van der Waals surface area contributed by atoms with E-state index in [0.717, 1.165) is 46.9 Å². The zero-order chi connectivity index (χ0) is 15.5. The number of aromatic nitrogens is 1. The fraction of sp³-hybridized carbons (Fsp3) is 0.278. The molecule has 1 heterocycles. The SMILES string of the molecule is Cc1c(C#N)c(SCc2cccc(C#N)c2)nc2c1CCC2. The van der Waals surface area contributed by atoms with E-state index in [0.29, 0.717) is 11.1 Å². The number of thioether (sulfide) groups is 1. The molecule has 0 saturated carbocycles. The normalized spacial score (nSPS) is 12.5. The standard InChI is InChI=1S/C18H15N3S/c1-12-15-6-3-7-17(15)21-18(16(12)10-20)22-11-14-5-2-4-13(8-14)9-19/h2,4-5,8H,3,6-7,11H2,1H3. The monoisotopic (exact) mass is 305 g/mol. The molecule has 1 aliphatic carbocycles. The number of benzene rings is 1. The van der Waals surface area contributed by atoms with Crippen molar-refractivity contribution in [2.75, 3.05) is 0 Å². The van der Waals surface area contributed by atoms with Crippen LogP contribution >= 0.6 is 11.8 Å². The van der Waals surface area contributed by atoms with Crippen molar-refractivity contribution in [3.63, 3.8) is 0 Å². The first-order valence-corrected chi connectivity index (χ1v) is 8.25. The number of fused-ring (bicyclic) bond motifs is 1. The second-order valence-corrected chi connectivity index (χ2v) is 6.37. The van der Waals surface area contributed by atoms with Gasteiger partial charge in [0.15, 0.2) is 0 Å². The lowest BCUT2D eigenvalue weighted by Crippen LogP contribution is -2.00. The minimum atomic E-state index is 0.664. The van der Waals surface area contributed by atoms with Crippen LogP contribution in [-0.2, 0) is 18.6 Å². The molecule has 1 aromatic carbocycles. The molecule has 0 unspecified atom stereocenters. The largest absolute Gasteiger partial charge is 0.245 e. The van der Waals surface area contributed by atoms with Crippen molar-refractivity contribution in [1.82, 2.24) is 4.98 Å². The van der Waals surface area contributed by atoms with E-state index in [2.05, 4.69) is 12.1 Å². The van der Waals surface area contributed by atoms with Crippen LogP contribution in [0.15, 0.2) is 29.3 Å². The maximum atomic E-state index is 9.46. The zero-order valence-corrected chi connectivity index (χ0v) is 13.2. The van der Waals surface area contributed by atoms with Gasteiger partial charge in [-0.3, -0.25) is 0 Å². The molecule has 0 bridgehead atoms. The highest BCUT2D eigenvalue weighted by molar-refractivity contribution is 7.98. The summed E-state index contributed by atoms with van der Waals surface area (Å²) in [6, 6.07) is 12.0. The number of rotatable bonds is 3. The van der Waals surface area contributed by atoms with Crippen LogP contribution in [0.5, 0.6) is 0 Å². The molecule has 4 heteroatoms. The molecule has 108 valence electrons. The summed E-state index contributed by atoms with van der Waals surface area (Å²) in [6.07, 6.45) is 3.18. The van der Waals surface area contributed by atoms with Gasteiger partial charge in [0.05, 0.1) is 17.2 Å². The van der Waals surface area contributed by atoms with Gasteiger partial charge in [0.2, 0.25) is 0 Å². The van der Waals surface area contributed by atoms with Gasteiger partial charge in [-0.05, 0) is 55.0 Å². The molecule has 22 heavy (non-hydrogen) atoms. The number of hydrogen-bond donors (Lipinski definition) is 0. The lowest BCUT2D eigenvalue weighted by Gasteiger charge is -2.11. The molecule has 0 aliphatic heterocycles. The maximum absolute atomic E-state index is 9.46. The summed E-state index contributed by atoms with van der Waals surface area (Å²) in [7, 11) is 0. The van der Waals surface area contributed by atoms with E-state index in [4.69, 9.17) is 10.2 Å². The van der Waals surface area contributed by atoms with E-state index in [1.165, 1.54) is 5.56 Å². The molecule has 3 rings (SSSR count). The summed E-state index contributed by atoms with van der Waals surface area (Å²) in [4.78, 5) is 4.72. The van der Waals surface area contributed by atoms with Crippen LogP contribution in [0.3, 0.4) is 0 Å². The Morgan fingerprint density at radius 2 is 2.09 bits per heavy atom. The van der Waals surface area contributed by atoms with Gasteiger partial charge in [-0.25, -0.2) is 4.98 Å². The van der Waals surface area contributed by atoms with Crippen LogP contribution in [-0.4, -0.2) is 4.98 Å². The first-order valence-electron chi connectivity index (χ1n) is 7.27. The Labute approximate surface area is 134 Å². The smallest absolute Gasteiger partial charge is 0.115 e. The van der Waals surface area contributed by atoms with Gasteiger partial charge in [0.25, 0.3) is 0 Å². The molecule has 1 aliphatic rings. The van der Waals surface area contributed by atoms with E-state index in [1.54, 1.807) is 17.8 Å². The Kier molecular flexibility index (Phi) is 4.13. The number of aryl methyl sites for hydroxylation is 1. The highest BCUT2D eigenvalue weighted by Gasteiger charge is 2.20. The van der Waals surface area contributed by atoms with E-state index < -0.39 is 0 Å². The van der Waals surface area contributed by atoms with Gasteiger partial charge >= 0.3 is 0 Å². The number of nitrogens with zero attached hydrogens (tertiary/aromatic N) is 3. The maximum Gasteiger partial charge on any atom is 0.115 e. The quantitative estimate of drug-likeness (QED) is 0.806. The van der Waals surface area contributed by atoms with Gasteiger partial charge in [0.1, 0.15) is 11.1 Å². The second-order valence-electron chi connectivity index (χ2n) is 5.41. The second kappa shape index (κ2) is 6.22. The van der Waals surface area contributed by atoms with Crippen LogP contribution < -0.4 is 0 Å². The van der Waals surface area contributed by atoms with Crippen molar-refractivity contribution in [2.24, 2.45) is 0 Å². The first kappa shape index (κ1) is 14.6.